The minimum atomic E-state index is -0.793. The molecule has 1 aliphatic carbocycles. The number of nitrogens with one attached hydrogen (secondary N) is 1. The predicted octanol–water partition coefficient (Wildman–Crippen LogP) is 2.66. The van der Waals surface area contributed by atoms with E-state index in [-0.39, 0.29) is 5.92 Å². The van der Waals surface area contributed by atoms with E-state index < -0.39 is 17.2 Å². The molecule has 0 bridgehead atoms. The highest BCUT2D eigenvalue weighted by Crippen LogP contribution is 2.33. The van der Waals surface area contributed by atoms with Crippen LogP contribution in [-0.2, 0) is 9.53 Å². The van der Waals surface area contributed by atoms with Crippen molar-refractivity contribution in [3.05, 3.63) is 0 Å². The van der Waals surface area contributed by atoms with Crippen LogP contribution in [0.4, 0.5) is 4.79 Å². The number of carbonyl (C=O) groups is 2. The first-order valence-electron chi connectivity index (χ1n) is 6.24. The van der Waals surface area contributed by atoms with Gasteiger partial charge in [-0.2, -0.15) is 0 Å². The molecule has 1 amide bonds. The van der Waals surface area contributed by atoms with Gasteiger partial charge in [-0.3, -0.25) is 0 Å². The SMILES string of the molecule is CC(C)(C)OC(=O)NC(C)(C=O)C1CCCC1. The Morgan fingerprint density at radius 2 is 1.76 bits per heavy atom. The second-order valence-corrected chi connectivity index (χ2v) is 6.01. The molecule has 0 saturated heterocycles. The molecule has 0 aromatic heterocycles. The Bertz CT molecular complexity index is 290. The van der Waals surface area contributed by atoms with Crippen molar-refractivity contribution in [3.8, 4) is 0 Å². The standard InChI is InChI=1S/C13H23NO3/c1-12(2,3)17-11(16)14-13(4,9-15)10-7-5-6-8-10/h9-10H,5-8H2,1-4H3,(H,14,16). The van der Waals surface area contributed by atoms with E-state index in [1.54, 1.807) is 27.7 Å². The number of aldehydes is 1. The van der Waals surface area contributed by atoms with Crippen LogP contribution in [0.5, 0.6) is 0 Å². The summed E-state index contributed by atoms with van der Waals surface area (Å²) in [5.74, 6) is 0.229. The summed E-state index contributed by atoms with van der Waals surface area (Å²) in [7, 11) is 0. The first-order chi connectivity index (χ1) is 7.77. The number of alkyl carbamates (subject to hydrolysis) is 1. The highest BCUT2D eigenvalue weighted by atomic mass is 16.6. The van der Waals surface area contributed by atoms with Crippen LogP contribution in [0.1, 0.15) is 53.4 Å². The highest BCUT2D eigenvalue weighted by Gasteiger charge is 2.38. The molecule has 1 rings (SSSR count). The van der Waals surface area contributed by atoms with Gasteiger partial charge in [0.1, 0.15) is 11.9 Å². The van der Waals surface area contributed by atoms with Gasteiger partial charge in [0, 0.05) is 0 Å². The molecule has 0 heterocycles. The molecular weight excluding hydrogens is 218 g/mol. The minimum absolute atomic E-state index is 0.229. The molecule has 0 aromatic carbocycles. The third-order valence-corrected chi connectivity index (χ3v) is 3.22. The topological polar surface area (TPSA) is 55.4 Å². The average molecular weight is 241 g/mol. The second-order valence-electron chi connectivity index (χ2n) is 6.01. The molecule has 1 atom stereocenters. The van der Waals surface area contributed by atoms with Crippen molar-refractivity contribution in [2.45, 2.75) is 64.5 Å². The van der Waals surface area contributed by atoms with Gasteiger partial charge in [-0.05, 0) is 46.5 Å². The molecule has 1 fully saturated rings. The van der Waals surface area contributed by atoms with Crippen molar-refractivity contribution in [3.63, 3.8) is 0 Å². The Labute approximate surface area is 103 Å². The molecule has 0 aromatic rings. The lowest BCUT2D eigenvalue weighted by Crippen LogP contribution is -2.53. The fourth-order valence-electron chi connectivity index (χ4n) is 2.28. The van der Waals surface area contributed by atoms with Crippen molar-refractivity contribution in [2.24, 2.45) is 5.92 Å². The van der Waals surface area contributed by atoms with Gasteiger partial charge >= 0.3 is 6.09 Å². The fraction of sp³-hybridized carbons (Fsp3) is 0.846. The molecule has 4 nitrogen and oxygen atoms in total. The molecule has 1 unspecified atom stereocenters. The number of hydrogen-bond acceptors (Lipinski definition) is 3. The van der Waals surface area contributed by atoms with Crippen molar-refractivity contribution in [1.82, 2.24) is 5.32 Å². The van der Waals surface area contributed by atoms with E-state index in [9.17, 15) is 9.59 Å². The lowest BCUT2D eigenvalue weighted by molar-refractivity contribution is -0.114. The van der Waals surface area contributed by atoms with E-state index in [1.165, 1.54) is 0 Å². The van der Waals surface area contributed by atoms with Crippen molar-refractivity contribution in [2.75, 3.05) is 0 Å². The first kappa shape index (κ1) is 14.0. The first-order valence-corrected chi connectivity index (χ1v) is 6.24. The molecule has 0 aliphatic heterocycles. The number of hydrogen-bond donors (Lipinski definition) is 1. The van der Waals surface area contributed by atoms with Gasteiger partial charge in [-0.1, -0.05) is 12.8 Å². The smallest absolute Gasteiger partial charge is 0.408 e. The van der Waals surface area contributed by atoms with Crippen LogP contribution in [-0.4, -0.2) is 23.5 Å². The van der Waals surface area contributed by atoms with Crippen LogP contribution >= 0.6 is 0 Å². The van der Waals surface area contributed by atoms with Gasteiger partial charge in [0.15, 0.2) is 0 Å². The number of rotatable bonds is 3. The quantitative estimate of drug-likeness (QED) is 0.773. The maximum Gasteiger partial charge on any atom is 0.408 e. The van der Waals surface area contributed by atoms with E-state index in [1.807, 2.05) is 0 Å². The summed E-state index contributed by atoms with van der Waals surface area (Å²) in [6.45, 7) is 7.20. The van der Waals surface area contributed by atoms with Gasteiger partial charge in [-0.15, -0.1) is 0 Å². The lowest BCUT2D eigenvalue weighted by atomic mass is 9.86. The Morgan fingerprint density at radius 1 is 1.24 bits per heavy atom. The van der Waals surface area contributed by atoms with Crippen molar-refractivity contribution >= 4 is 12.4 Å². The molecule has 0 spiro atoms. The number of amides is 1. The summed E-state index contributed by atoms with van der Waals surface area (Å²) in [5.41, 5.74) is -1.33. The van der Waals surface area contributed by atoms with Crippen LogP contribution in [0.2, 0.25) is 0 Å². The zero-order valence-electron chi connectivity index (χ0n) is 11.2. The van der Waals surface area contributed by atoms with E-state index in [0.717, 1.165) is 32.0 Å². The largest absolute Gasteiger partial charge is 0.444 e. The third-order valence-electron chi connectivity index (χ3n) is 3.22. The summed E-state index contributed by atoms with van der Waals surface area (Å²) in [6.07, 6.45) is 4.57. The summed E-state index contributed by atoms with van der Waals surface area (Å²) in [5, 5.41) is 2.71. The van der Waals surface area contributed by atoms with E-state index in [2.05, 4.69) is 5.32 Å². The second kappa shape index (κ2) is 5.07. The summed E-state index contributed by atoms with van der Waals surface area (Å²) in [4.78, 5) is 22.9. The monoisotopic (exact) mass is 241 g/mol. The van der Waals surface area contributed by atoms with Crippen LogP contribution in [0, 0.1) is 5.92 Å². The molecule has 4 heteroatoms. The van der Waals surface area contributed by atoms with E-state index in [4.69, 9.17) is 4.74 Å². The predicted molar refractivity (Wildman–Crippen MR) is 65.8 cm³/mol. The maximum atomic E-state index is 11.7. The van der Waals surface area contributed by atoms with Gasteiger partial charge in [-0.25, -0.2) is 4.79 Å². The van der Waals surface area contributed by atoms with Gasteiger partial charge in [0.05, 0.1) is 5.54 Å². The normalized spacial score (nSPS) is 20.7. The number of ether oxygens (including phenoxy) is 1. The Hall–Kier alpha value is -1.06. The molecular formula is C13H23NO3. The molecule has 1 aliphatic rings. The Balaban J connectivity index is 2.62. The summed E-state index contributed by atoms with van der Waals surface area (Å²) >= 11 is 0. The average Bonchev–Trinajstić information content (AvgIpc) is 2.67. The minimum Gasteiger partial charge on any atom is -0.444 e. The third kappa shape index (κ3) is 4.02. The van der Waals surface area contributed by atoms with Crippen LogP contribution in [0.15, 0.2) is 0 Å². The Kier molecular flexibility index (Phi) is 4.17. The zero-order chi connectivity index (χ0) is 13.1. The molecule has 0 radical (unpaired) electrons. The van der Waals surface area contributed by atoms with Crippen LogP contribution < -0.4 is 5.32 Å². The number of carbonyl (C=O) groups excluding carboxylic acids is 2. The van der Waals surface area contributed by atoms with Gasteiger partial charge < -0.3 is 14.8 Å². The lowest BCUT2D eigenvalue weighted by Gasteiger charge is -2.32. The van der Waals surface area contributed by atoms with Gasteiger partial charge in [0.25, 0.3) is 0 Å². The zero-order valence-corrected chi connectivity index (χ0v) is 11.2. The maximum absolute atomic E-state index is 11.7. The van der Waals surface area contributed by atoms with E-state index in [0.29, 0.717) is 0 Å². The van der Waals surface area contributed by atoms with Gasteiger partial charge in [0.2, 0.25) is 0 Å². The van der Waals surface area contributed by atoms with Crippen LogP contribution in [0.3, 0.4) is 0 Å². The summed E-state index contributed by atoms with van der Waals surface area (Å²) in [6, 6.07) is 0. The Morgan fingerprint density at radius 3 is 2.18 bits per heavy atom. The molecule has 1 saturated carbocycles. The fourth-order valence-corrected chi connectivity index (χ4v) is 2.28. The highest BCUT2D eigenvalue weighted by molar-refractivity contribution is 5.76. The van der Waals surface area contributed by atoms with E-state index >= 15 is 0 Å². The van der Waals surface area contributed by atoms with Crippen LogP contribution in [0.25, 0.3) is 0 Å². The summed E-state index contributed by atoms with van der Waals surface area (Å²) < 4.78 is 5.19. The van der Waals surface area contributed by atoms with Crippen molar-refractivity contribution in [1.29, 1.82) is 0 Å². The molecule has 98 valence electrons. The van der Waals surface area contributed by atoms with Crippen molar-refractivity contribution < 1.29 is 14.3 Å². The molecule has 17 heavy (non-hydrogen) atoms. The molecule has 1 N–H and O–H groups in total.